The minimum atomic E-state index is -1.53. The van der Waals surface area contributed by atoms with Gasteiger partial charge in [0.1, 0.15) is 25.3 Å². The van der Waals surface area contributed by atoms with Gasteiger partial charge < -0.3 is 33.6 Å². The first-order chi connectivity index (χ1) is 23.2. The number of carbonyl (C=O) groups is 3. The van der Waals surface area contributed by atoms with E-state index < -0.39 is 42.6 Å². The van der Waals surface area contributed by atoms with E-state index in [0.29, 0.717) is 28.8 Å². The number of likely N-dealkylation sites (N-methyl/N-ethyl adjacent to an activating group) is 1. The third-order valence-corrected chi connectivity index (χ3v) is 8.66. The van der Waals surface area contributed by atoms with Crippen molar-refractivity contribution in [2.24, 2.45) is 0 Å². The highest BCUT2D eigenvalue weighted by atomic mass is 19.1. The van der Waals surface area contributed by atoms with Gasteiger partial charge in [0.25, 0.3) is 11.8 Å². The standard InChI is InChI=1S/C34H38FN5O8/c1-37-12-14-38(15-13-37)19-23-3-2-4-25(17-23)33(43)46-22-30(41)32(42)39-10-7-24(8-11-39)28-6-5-26(18-29(28)35)40-20-27(48-34(40)44)21-45-31-9-16-47-36-31/h2-7,9,16-18,27,30,41H,8,10-15,19-22H2,1H3/t27-,30+/m1/s1. The lowest BCUT2D eigenvalue weighted by atomic mass is 9.98. The van der Waals surface area contributed by atoms with Crippen molar-refractivity contribution in [3.8, 4) is 5.88 Å². The van der Waals surface area contributed by atoms with E-state index in [1.54, 1.807) is 36.4 Å². The number of esters is 1. The molecule has 1 N–H and O–H groups in total. The zero-order valence-electron chi connectivity index (χ0n) is 26.6. The van der Waals surface area contributed by atoms with Crippen LogP contribution in [0.15, 0.2) is 65.4 Å². The van der Waals surface area contributed by atoms with Crippen molar-refractivity contribution in [2.45, 2.75) is 25.2 Å². The Kier molecular flexibility index (Phi) is 10.3. The number of cyclic esters (lactones) is 1. The van der Waals surface area contributed by atoms with E-state index in [4.69, 9.17) is 18.7 Å². The van der Waals surface area contributed by atoms with Gasteiger partial charge in [0.2, 0.25) is 0 Å². The average molecular weight is 664 g/mol. The summed E-state index contributed by atoms with van der Waals surface area (Å²) in [6.07, 6.45) is 0.736. The predicted octanol–water partition coefficient (Wildman–Crippen LogP) is 2.80. The number of ether oxygens (including phenoxy) is 3. The maximum absolute atomic E-state index is 15.3. The summed E-state index contributed by atoms with van der Waals surface area (Å²) in [4.78, 5) is 45.5. The Morgan fingerprint density at radius 3 is 2.67 bits per heavy atom. The van der Waals surface area contributed by atoms with Gasteiger partial charge >= 0.3 is 12.1 Å². The number of halogens is 1. The van der Waals surface area contributed by atoms with E-state index in [9.17, 15) is 19.5 Å². The van der Waals surface area contributed by atoms with Gasteiger partial charge in [0.05, 0.1) is 17.8 Å². The van der Waals surface area contributed by atoms with Gasteiger partial charge in [0, 0.05) is 57.4 Å². The number of benzene rings is 2. The van der Waals surface area contributed by atoms with Crippen LogP contribution in [0.25, 0.3) is 5.57 Å². The molecule has 0 bridgehead atoms. The zero-order valence-corrected chi connectivity index (χ0v) is 26.6. The Morgan fingerprint density at radius 2 is 1.94 bits per heavy atom. The maximum Gasteiger partial charge on any atom is 0.414 e. The molecule has 1 aromatic heterocycles. The predicted molar refractivity (Wildman–Crippen MR) is 171 cm³/mol. The molecule has 48 heavy (non-hydrogen) atoms. The van der Waals surface area contributed by atoms with Crippen LogP contribution in [-0.2, 0) is 20.8 Å². The summed E-state index contributed by atoms with van der Waals surface area (Å²) in [5.41, 5.74) is 2.75. The molecule has 2 saturated heterocycles. The summed E-state index contributed by atoms with van der Waals surface area (Å²) >= 11 is 0. The number of amides is 2. The fraction of sp³-hybridized carbons (Fsp3) is 0.412. The molecule has 6 rings (SSSR count). The number of rotatable bonds is 11. The summed E-state index contributed by atoms with van der Waals surface area (Å²) < 4.78 is 36.0. The van der Waals surface area contributed by atoms with Gasteiger partial charge in [-0.3, -0.25) is 14.6 Å². The van der Waals surface area contributed by atoms with Crippen molar-refractivity contribution in [2.75, 3.05) is 71.0 Å². The monoisotopic (exact) mass is 663 g/mol. The Balaban J connectivity index is 0.976. The molecule has 13 nitrogen and oxygen atoms in total. The highest BCUT2D eigenvalue weighted by molar-refractivity contribution is 5.91. The third kappa shape index (κ3) is 8.01. The second kappa shape index (κ2) is 15.0. The van der Waals surface area contributed by atoms with Crippen LogP contribution in [-0.4, -0.2) is 121 Å². The average Bonchev–Trinajstić information content (AvgIpc) is 3.76. The Bertz CT molecular complexity index is 1640. The van der Waals surface area contributed by atoms with E-state index >= 15 is 4.39 Å². The molecule has 3 aromatic rings. The summed E-state index contributed by atoms with van der Waals surface area (Å²) in [5, 5.41) is 14.2. The Hall–Kier alpha value is -4.79. The van der Waals surface area contributed by atoms with E-state index in [-0.39, 0.29) is 32.1 Å². The maximum atomic E-state index is 15.3. The lowest BCUT2D eigenvalue weighted by Gasteiger charge is -2.32. The van der Waals surface area contributed by atoms with Crippen molar-refractivity contribution in [1.29, 1.82) is 0 Å². The first kappa shape index (κ1) is 33.1. The smallest absolute Gasteiger partial charge is 0.414 e. The van der Waals surface area contributed by atoms with Crippen molar-refractivity contribution in [1.82, 2.24) is 19.9 Å². The molecule has 14 heteroatoms. The quantitative estimate of drug-likeness (QED) is 0.303. The van der Waals surface area contributed by atoms with Gasteiger partial charge in [-0.25, -0.2) is 14.0 Å². The number of aromatic nitrogens is 1. The van der Waals surface area contributed by atoms with Crippen molar-refractivity contribution in [3.05, 3.63) is 83.4 Å². The molecule has 0 spiro atoms. The van der Waals surface area contributed by atoms with Crippen LogP contribution in [0.4, 0.5) is 14.9 Å². The summed E-state index contributed by atoms with van der Waals surface area (Å²) in [6.45, 7) is 4.79. The third-order valence-electron chi connectivity index (χ3n) is 8.66. The Labute approximate surface area is 277 Å². The minimum Gasteiger partial charge on any atom is -0.471 e. The molecule has 0 aliphatic carbocycles. The molecule has 0 unspecified atom stereocenters. The molecule has 2 amide bonds. The van der Waals surface area contributed by atoms with Crippen LogP contribution in [0.3, 0.4) is 0 Å². The normalized spacial score (nSPS) is 19.5. The number of carbonyl (C=O) groups excluding carboxylic acids is 3. The van der Waals surface area contributed by atoms with Crippen molar-refractivity contribution >= 4 is 29.2 Å². The minimum absolute atomic E-state index is 0.0693. The van der Waals surface area contributed by atoms with E-state index in [1.165, 1.54) is 28.2 Å². The molecule has 2 fully saturated rings. The topological polar surface area (TPSA) is 138 Å². The first-order valence-corrected chi connectivity index (χ1v) is 15.9. The number of aliphatic hydroxyl groups is 1. The number of aliphatic hydroxyl groups excluding tert-OH is 1. The molecule has 4 heterocycles. The highest BCUT2D eigenvalue weighted by Gasteiger charge is 2.34. The van der Waals surface area contributed by atoms with E-state index in [0.717, 1.165) is 38.3 Å². The lowest BCUT2D eigenvalue weighted by Crippen LogP contribution is -2.43. The van der Waals surface area contributed by atoms with Crippen LogP contribution in [0.5, 0.6) is 5.88 Å². The number of piperazine rings is 1. The van der Waals surface area contributed by atoms with Gasteiger partial charge in [-0.15, -0.1) is 0 Å². The van der Waals surface area contributed by atoms with Gasteiger partial charge in [-0.05, 0) is 60.1 Å². The molecule has 0 radical (unpaired) electrons. The van der Waals surface area contributed by atoms with Crippen LogP contribution in [0.1, 0.15) is 27.9 Å². The number of anilines is 1. The van der Waals surface area contributed by atoms with Crippen molar-refractivity contribution in [3.63, 3.8) is 0 Å². The fourth-order valence-electron chi connectivity index (χ4n) is 5.90. The van der Waals surface area contributed by atoms with E-state index in [1.807, 2.05) is 6.07 Å². The van der Waals surface area contributed by atoms with Gasteiger partial charge in [-0.1, -0.05) is 18.2 Å². The van der Waals surface area contributed by atoms with Crippen LogP contribution in [0, 0.1) is 5.82 Å². The van der Waals surface area contributed by atoms with Crippen LogP contribution < -0.4 is 9.64 Å². The van der Waals surface area contributed by atoms with Gasteiger partial charge in [0.15, 0.2) is 12.2 Å². The molecule has 254 valence electrons. The fourth-order valence-corrected chi connectivity index (χ4v) is 5.90. The van der Waals surface area contributed by atoms with Crippen LogP contribution >= 0.6 is 0 Å². The number of nitrogens with zero attached hydrogens (tertiary/aromatic N) is 5. The molecule has 0 saturated carbocycles. The van der Waals surface area contributed by atoms with Crippen LogP contribution in [0.2, 0.25) is 0 Å². The summed E-state index contributed by atoms with van der Waals surface area (Å²) in [7, 11) is 2.10. The Morgan fingerprint density at radius 1 is 1.10 bits per heavy atom. The second-order valence-corrected chi connectivity index (χ2v) is 12.1. The molecule has 2 atom stereocenters. The molecule has 3 aliphatic rings. The molecule has 2 aromatic carbocycles. The number of hydrogen-bond donors (Lipinski definition) is 1. The number of hydrogen-bond acceptors (Lipinski definition) is 11. The zero-order chi connectivity index (χ0) is 33.6. The second-order valence-electron chi connectivity index (χ2n) is 12.1. The highest BCUT2D eigenvalue weighted by Crippen LogP contribution is 2.30. The molecular weight excluding hydrogens is 625 g/mol. The largest absolute Gasteiger partial charge is 0.471 e. The van der Waals surface area contributed by atoms with Crippen molar-refractivity contribution < 1.29 is 42.6 Å². The molecule has 3 aliphatic heterocycles. The van der Waals surface area contributed by atoms with Gasteiger partial charge in [-0.2, -0.15) is 0 Å². The summed E-state index contributed by atoms with van der Waals surface area (Å²) in [6, 6.07) is 13.2. The first-order valence-electron chi connectivity index (χ1n) is 15.9. The van der Waals surface area contributed by atoms with E-state index in [2.05, 4.69) is 22.0 Å². The summed E-state index contributed by atoms with van der Waals surface area (Å²) in [5.74, 6) is -1.44. The molecular formula is C34H38FN5O8. The lowest BCUT2D eigenvalue weighted by molar-refractivity contribution is -0.141. The SMILES string of the molecule is CN1CCN(Cc2cccc(C(=O)OC[C@H](O)C(=O)N3CC=C(c4ccc(N5C[C@H](COc6ccon6)OC5=O)cc4F)CC3)c2)CC1.